The Kier molecular flexibility index (Phi) is 5.23. The van der Waals surface area contributed by atoms with Crippen molar-refractivity contribution < 1.29 is 18.0 Å². The van der Waals surface area contributed by atoms with Gasteiger partial charge in [-0.25, -0.2) is 13.2 Å². The molecule has 2 aromatic carbocycles. The first-order chi connectivity index (χ1) is 10.7. The molecule has 0 unspecified atom stereocenters. The van der Waals surface area contributed by atoms with Crippen LogP contribution in [0.15, 0.2) is 64.0 Å². The van der Waals surface area contributed by atoms with Crippen molar-refractivity contribution in [2.75, 3.05) is 0 Å². The van der Waals surface area contributed by atoms with E-state index >= 15 is 0 Å². The number of carbonyl (C=O) groups excluding carboxylic acids is 1. The van der Waals surface area contributed by atoms with Gasteiger partial charge < -0.3 is 4.84 Å². The van der Waals surface area contributed by atoms with E-state index in [-0.39, 0.29) is 4.90 Å². The van der Waals surface area contributed by atoms with E-state index in [4.69, 9.17) is 4.84 Å². The van der Waals surface area contributed by atoms with Crippen LogP contribution in [0.4, 0.5) is 0 Å². The molecule has 7 heteroatoms. The average Bonchev–Trinajstić information content (AvgIpc) is 2.53. The largest absolute Gasteiger partial charge is 0.355 e. The van der Waals surface area contributed by atoms with Crippen LogP contribution in [-0.2, 0) is 25.1 Å². The minimum absolute atomic E-state index is 0.00897. The molecule has 0 atom stereocenters. The maximum absolute atomic E-state index is 12.3. The fraction of sp³-hybridized carbons (Fsp3) is 0.188. The van der Waals surface area contributed by atoms with Crippen LogP contribution < -0.4 is 4.89 Å². The molecule has 0 aliphatic heterocycles. The molecule has 0 saturated heterocycles. The maximum atomic E-state index is 12.3. The monoisotopic (exact) mass is 397 g/mol. The van der Waals surface area contributed by atoms with Gasteiger partial charge in [-0.1, -0.05) is 42.5 Å². The molecule has 2 rings (SSSR count). The molecule has 122 valence electrons. The summed E-state index contributed by atoms with van der Waals surface area (Å²) < 4.78 is 24.8. The molecule has 2 aromatic rings. The normalized spacial score (nSPS) is 12.0. The second-order valence-corrected chi connectivity index (χ2v) is 7.87. The summed E-state index contributed by atoms with van der Waals surface area (Å²) in [6.45, 7) is 3.33. The first kappa shape index (κ1) is 17.7. The fourth-order valence-electron chi connectivity index (χ4n) is 1.90. The number of hydrogen-bond acceptors (Lipinski definition) is 4. The van der Waals surface area contributed by atoms with Gasteiger partial charge in [0.2, 0.25) is 0 Å². The number of halogens is 1. The summed E-state index contributed by atoms with van der Waals surface area (Å²) in [6.07, 6.45) is 0. The predicted molar refractivity (Wildman–Crippen MR) is 90.0 cm³/mol. The van der Waals surface area contributed by atoms with Crippen LogP contribution in [0.3, 0.4) is 0 Å². The highest BCUT2D eigenvalue weighted by molar-refractivity contribution is 9.10. The number of hydrogen-bond donors (Lipinski definition) is 1. The Morgan fingerprint density at radius 3 is 2.22 bits per heavy atom. The van der Waals surface area contributed by atoms with Crippen molar-refractivity contribution in [3.05, 3.63) is 64.6 Å². The zero-order valence-electron chi connectivity index (χ0n) is 12.6. The quantitative estimate of drug-likeness (QED) is 0.786. The summed E-state index contributed by atoms with van der Waals surface area (Å²) >= 11 is 3.16. The number of rotatable bonds is 5. The van der Waals surface area contributed by atoms with Gasteiger partial charge in [-0.2, -0.15) is 0 Å². The molecular formula is C16H16BrNO4S. The van der Waals surface area contributed by atoms with Crippen LogP contribution in [0.2, 0.25) is 0 Å². The molecule has 0 bridgehead atoms. The lowest BCUT2D eigenvalue weighted by Gasteiger charge is -2.22. The summed E-state index contributed by atoms with van der Waals surface area (Å²) in [5.74, 6) is -0.695. The van der Waals surface area contributed by atoms with Gasteiger partial charge >= 0.3 is 5.97 Å². The summed E-state index contributed by atoms with van der Waals surface area (Å²) in [5.41, 5.74) is -0.261. The number of carbonyl (C=O) groups is 1. The second-order valence-electron chi connectivity index (χ2n) is 5.40. The van der Waals surface area contributed by atoms with E-state index in [2.05, 4.69) is 15.9 Å². The van der Waals surface area contributed by atoms with Crippen LogP contribution in [0, 0.1) is 0 Å². The summed E-state index contributed by atoms with van der Waals surface area (Å²) in [4.78, 5) is 19.0. The number of nitrogens with one attached hydrogen (secondary N) is 1. The highest BCUT2D eigenvalue weighted by Gasteiger charge is 2.33. The van der Waals surface area contributed by atoms with Gasteiger partial charge in [-0.3, -0.25) is 0 Å². The smallest absolute Gasteiger partial charge is 0.336 e. The minimum Gasteiger partial charge on any atom is -0.355 e. The van der Waals surface area contributed by atoms with Crippen LogP contribution in [0.25, 0.3) is 0 Å². The Labute approximate surface area is 143 Å². The zero-order chi connectivity index (χ0) is 17.1. The minimum atomic E-state index is -3.97. The van der Waals surface area contributed by atoms with Crippen molar-refractivity contribution in [2.45, 2.75) is 24.2 Å². The van der Waals surface area contributed by atoms with E-state index in [1.165, 1.54) is 6.07 Å². The van der Waals surface area contributed by atoms with Crippen molar-refractivity contribution in [3.8, 4) is 0 Å². The van der Waals surface area contributed by atoms with E-state index in [9.17, 15) is 13.2 Å². The molecule has 0 aromatic heterocycles. The molecule has 0 aliphatic carbocycles. The Bertz CT molecular complexity index is 804. The fourth-order valence-corrected chi connectivity index (χ4v) is 3.68. The SMILES string of the molecule is CC(C)(C(=O)ONS(=O)(=O)c1ccccc1Br)c1ccccc1. The van der Waals surface area contributed by atoms with Crippen molar-refractivity contribution in [3.63, 3.8) is 0 Å². The summed E-state index contributed by atoms with van der Waals surface area (Å²) in [7, 11) is -3.97. The third-order valence-electron chi connectivity index (χ3n) is 3.38. The molecule has 0 spiro atoms. The lowest BCUT2D eigenvalue weighted by Crippen LogP contribution is -2.37. The van der Waals surface area contributed by atoms with Gasteiger partial charge in [-0.05, 0) is 52.4 Å². The van der Waals surface area contributed by atoms with Gasteiger partial charge in [0.05, 0.1) is 10.3 Å². The van der Waals surface area contributed by atoms with E-state index in [0.717, 1.165) is 5.56 Å². The molecule has 0 aliphatic rings. The first-order valence-electron chi connectivity index (χ1n) is 6.78. The Balaban J connectivity index is 2.14. The average molecular weight is 398 g/mol. The number of sulfonamides is 1. The maximum Gasteiger partial charge on any atom is 0.336 e. The predicted octanol–water partition coefficient (Wildman–Crippen LogP) is 3.16. The topological polar surface area (TPSA) is 72.5 Å². The molecule has 23 heavy (non-hydrogen) atoms. The lowest BCUT2D eigenvalue weighted by atomic mass is 9.85. The van der Waals surface area contributed by atoms with Gasteiger partial charge in [0, 0.05) is 4.47 Å². The number of benzene rings is 2. The molecule has 0 heterocycles. The molecular weight excluding hydrogens is 382 g/mol. The van der Waals surface area contributed by atoms with Crippen LogP contribution in [0.1, 0.15) is 19.4 Å². The highest BCUT2D eigenvalue weighted by Crippen LogP contribution is 2.25. The molecule has 1 N–H and O–H groups in total. The van der Waals surface area contributed by atoms with Crippen molar-refractivity contribution in [1.29, 1.82) is 0 Å². The van der Waals surface area contributed by atoms with E-state index in [0.29, 0.717) is 4.47 Å². The summed E-state index contributed by atoms with van der Waals surface area (Å²) in [6, 6.07) is 15.3. The Morgan fingerprint density at radius 2 is 1.61 bits per heavy atom. The standard InChI is InChI=1S/C16H16BrNO4S/c1-16(2,12-8-4-3-5-9-12)15(19)22-18-23(20,21)14-11-7-6-10-13(14)17/h3-11,18H,1-2H3. The zero-order valence-corrected chi connectivity index (χ0v) is 15.0. The molecule has 0 fully saturated rings. The Hall–Kier alpha value is -1.70. The molecule has 5 nitrogen and oxygen atoms in total. The third kappa shape index (κ3) is 3.99. The first-order valence-corrected chi connectivity index (χ1v) is 9.06. The van der Waals surface area contributed by atoms with Crippen molar-refractivity contribution in [1.82, 2.24) is 4.89 Å². The van der Waals surface area contributed by atoms with Crippen LogP contribution >= 0.6 is 15.9 Å². The molecule has 0 amide bonds. The lowest BCUT2D eigenvalue weighted by molar-refractivity contribution is -0.153. The highest BCUT2D eigenvalue weighted by atomic mass is 79.9. The van der Waals surface area contributed by atoms with Gasteiger partial charge in [0.15, 0.2) is 0 Å². The van der Waals surface area contributed by atoms with Gasteiger partial charge in [-0.15, -0.1) is 0 Å². The second kappa shape index (κ2) is 6.82. The molecule has 0 radical (unpaired) electrons. The van der Waals surface area contributed by atoms with Crippen molar-refractivity contribution in [2.24, 2.45) is 0 Å². The van der Waals surface area contributed by atoms with E-state index in [1.807, 2.05) is 11.0 Å². The van der Waals surface area contributed by atoms with Gasteiger partial charge in [0.25, 0.3) is 10.0 Å². The Morgan fingerprint density at radius 1 is 1.04 bits per heavy atom. The third-order valence-corrected chi connectivity index (χ3v) is 5.57. The van der Waals surface area contributed by atoms with E-state index in [1.54, 1.807) is 56.3 Å². The van der Waals surface area contributed by atoms with Crippen LogP contribution in [0.5, 0.6) is 0 Å². The van der Waals surface area contributed by atoms with E-state index < -0.39 is 21.4 Å². The molecule has 0 saturated carbocycles. The van der Waals surface area contributed by atoms with Crippen LogP contribution in [-0.4, -0.2) is 14.4 Å². The van der Waals surface area contributed by atoms with Gasteiger partial charge in [0.1, 0.15) is 0 Å². The summed E-state index contributed by atoms with van der Waals surface area (Å²) in [5, 5.41) is 0. The van der Waals surface area contributed by atoms with Crippen molar-refractivity contribution >= 4 is 31.9 Å².